The van der Waals surface area contributed by atoms with Crippen molar-refractivity contribution in [1.82, 2.24) is 9.80 Å². The Morgan fingerprint density at radius 2 is 1.77 bits per heavy atom. The molecule has 0 radical (unpaired) electrons. The number of rotatable bonds is 6. The van der Waals surface area contributed by atoms with E-state index in [1.165, 1.54) is 6.42 Å². The Balaban J connectivity index is 1.66. The molecule has 0 bridgehead atoms. The van der Waals surface area contributed by atoms with Crippen molar-refractivity contribution in [3.05, 3.63) is 0 Å². The van der Waals surface area contributed by atoms with Crippen LogP contribution in [-0.2, 0) is 4.74 Å². The lowest BCUT2D eigenvalue weighted by molar-refractivity contribution is -0.0632. The van der Waals surface area contributed by atoms with Crippen LogP contribution in [0.3, 0.4) is 0 Å². The first-order valence-corrected chi connectivity index (χ1v) is 9.12. The molecule has 0 amide bonds. The Kier molecular flexibility index (Phi) is 6.69. The second-order valence-electron chi connectivity index (χ2n) is 8.26. The van der Waals surface area contributed by atoms with Crippen LogP contribution in [0, 0.1) is 11.3 Å². The summed E-state index contributed by atoms with van der Waals surface area (Å²) in [5.74, 6) is 0.730. The summed E-state index contributed by atoms with van der Waals surface area (Å²) >= 11 is 0. The van der Waals surface area contributed by atoms with E-state index >= 15 is 0 Å². The van der Waals surface area contributed by atoms with E-state index in [2.05, 4.69) is 37.5 Å². The van der Waals surface area contributed by atoms with Crippen molar-refractivity contribution >= 4 is 0 Å². The van der Waals surface area contributed by atoms with Crippen molar-refractivity contribution in [3.8, 4) is 0 Å². The van der Waals surface area contributed by atoms with Gasteiger partial charge in [0.05, 0.1) is 18.8 Å². The number of likely N-dealkylation sites (N-methyl/N-ethyl adjacent to an activating group) is 1. The van der Waals surface area contributed by atoms with Gasteiger partial charge in [-0.3, -0.25) is 4.90 Å². The number of hydrogen-bond donors (Lipinski definition) is 1. The van der Waals surface area contributed by atoms with Crippen LogP contribution in [-0.4, -0.2) is 73.0 Å². The Morgan fingerprint density at radius 3 is 2.36 bits per heavy atom. The zero-order valence-electron chi connectivity index (χ0n) is 15.1. The first-order valence-electron chi connectivity index (χ1n) is 9.12. The zero-order chi connectivity index (χ0) is 16.2. The average molecular weight is 312 g/mol. The van der Waals surface area contributed by atoms with Gasteiger partial charge in [-0.05, 0) is 37.1 Å². The van der Waals surface area contributed by atoms with E-state index < -0.39 is 0 Å². The van der Waals surface area contributed by atoms with Gasteiger partial charge in [-0.15, -0.1) is 0 Å². The highest BCUT2D eigenvalue weighted by Gasteiger charge is 2.32. The van der Waals surface area contributed by atoms with Crippen molar-refractivity contribution in [1.29, 1.82) is 0 Å². The summed E-state index contributed by atoms with van der Waals surface area (Å²) in [5, 5.41) is 10.3. The molecule has 3 atom stereocenters. The number of β-amino-alcohol motifs (C(OH)–C–C–N with tert-alkyl or cyclic N) is 1. The first-order chi connectivity index (χ1) is 10.4. The molecule has 1 heterocycles. The van der Waals surface area contributed by atoms with Crippen LogP contribution in [0.25, 0.3) is 0 Å². The van der Waals surface area contributed by atoms with Crippen LogP contribution in [0.2, 0.25) is 0 Å². The molecular weight excluding hydrogens is 276 g/mol. The van der Waals surface area contributed by atoms with Gasteiger partial charge in [0, 0.05) is 32.7 Å². The second-order valence-corrected chi connectivity index (χ2v) is 8.26. The Bertz CT molecular complexity index is 327. The Hall–Kier alpha value is -0.160. The molecule has 1 saturated heterocycles. The van der Waals surface area contributed by atoms with Gasteiger partial charge in [-0.2, -0.15) is 0 Å². The van der Waals surface area contributed by atoms with Gasteiger partial charge < -0.3 is 14.7 Å². The van der Waals surface area contributed by atoms with E-state index in [1.54, 1.807) is 0 Å². The molecule has 1 aliphatic carbocycles. The van der Waals surface area contributed by atoms with Gasteiger partial charge in [-0.1, -0.05) is 27.7 Å². The van der Waals surface area contributed by atoms with E-state index in [4.69, 9.17) is 4.74 Å². The molecule has 130 valence electrons. The van der Waals surface area contributed by atoms with E-state index in [1.807, 2.05) is 0 Å². The monoisotopic (exact) mass is 312 g/mol. The number of aliphatic hydroxyl groups excluding tert-OH is 1. The lowest BCUT2D eigenvalue weighted by Crippen LogP contribution is -2.49. The zero-order valence-corrected chi connectivity index (χ0v) is 15.1. The predicted octanol–water partition coefficient (Wildman–Crippen LogP) is 2.22. The van der Waals surface area contributed by atoms with Crippen molar-refractivity contribution in [2.24, 2.45) is 11.3 Å². The van der Waals surface area contributed by atoms with Crippen molar-refractivity contribution in [3.63, 3.8) is 0 Å². The molecule has 4 heteroatoms. The lowest BCUT2D eigenvalue weighted by atomic mass is 9.71. The van der Waals surface area contributed by atoms with E-state index in [-0.39, 0.29) is 6.10 Å². The van der Waals surface area contributed by atoms with Crippen LogP contribution in [0.4, 0.5) is 0 Å². The summed E-state index contributed by atoms with van der Waals surface area (Å²) in [6.07, 6.45) is 3.53. The summed E-state index contributed by atoms with van der Waals surface area (Å²) in [7, 11) is 0. The number of nitrogens with zero attached hydrogens (tertiary/aromatic N) is 2. The molecule has 1 N–H and O–H groups in total. The number of hydrogen-bond acceptors (Lipinski definition) is 4. The van der Waals surface area contributed by atoms with Gasteiger partial charge in [0.2, 0.25) is 0 Å². The maximum atomic E-state index is 10.3. The molecule has 2 aliphatic rings. The van der Waals surface area contributed by atoms with Gasteiger partial charge in [0.25, 0.3) is 0 Å². The minimum Gasteiger partial charge on any atom is -0.389 e. The molecule has 1 aliphatic heterocycles. The number of piperazine rings is 1. The van der Waals surface area contributed by atoms with Crippen LogP contribution in [0.5, 0.6) is 0 Å². The summed E-state index contributed by atoms with van der Waals surface area (Å²) in [5.41, 5.74) is 0.379. The maximum Gasteiger partial charge on any atom is 0.0900 e. The minimum atomic E-state index is -0.353. The van der Waals surface area contributed by atoms with Gasteiger partial charge >= 0.3 is 0 Å². The van der Waals surface area contributed by atoms with Gasteiger partial charge in [0.15, 0.2) is 0 Å². The van der Waals surface area contributed by atoms with E-state index in [9.17, 15) is 5.11 Å². The predicted molar refractivity (Wildman–Crippen MR) is 91.1 cm³/mol. The van der Waals surface area contributed by atoms with Crippen LogP contribution in [0.1, 0.15) is 47.0 Å². The standard InChI is InChI=1S/C18H36N2O2/c1-5-19-6-8-20(9-7-19)13-16(21)14-22-17-10-15(2)11-18(3,4)12-17/h15-17,21H,5-14H2,1-4H3/t15-,16+,17+/m1/s1. The molecule has 0 aromatic carbocycles. The Labute approximate surface area is 136 Å². The fourth-order valence-corrected chi connectivity index (χ4v) is 4.27. The van der Waals surface area contributed by atoms with Crippen molar-refractivity contribution in [2.45, 2.75) is 59.2 Å². The van der Waals surface area contributed by atoms with Crippen molar-refractivity contribution < 1.29 is 9.84 Å². The fraction of sp³-hybridized carbons (Fsp3) is 1.00. The quantitative estimate of drug-likeness (QED) is 0.816. The third kappa shape index (κ3) is 5.80. The summed E-state index contributed by atoms with van der Waals surface area (Å²) in [4.78, 5) is 4.83. The SMILES string of the molecule is CCN1CCN(C[C@H](O)CO[C@H]2C[C@@H](C)CC(C)(C)C2)CC1. The highest BCUT2D eigenvalue weighted by molar-refractivity contribution is 4.83. The number of ether oxygens (including phenoxy) is 1. The molecule has 4 nitrogen and oxygen atoms in total. The lowest BCUT2D eigenvalue weighted by Gasteiger charge is -2.39. The average Bonchev–Trinajstić information content (AvgIpc) is 2.44. The van der Waals surface area contributed by atoms with Crippen molar-refractivity contribution in [2.75, 3.05) is 45.9 Å². The van der Waals surface area contributed by atoms with Gasteiger partial charge in [0.1, 0.15) is 0 Å². The third-order valence-electron chi connectivity index (χ3n) is 5.25. The summed E-state index contributed by atoms with van der Waals surface area (Å²) < 4.78 is 6.05. The molecule has 0 unspecified atom stereocenters. The van der Waals surface area contributed by atoms with Crippen LogP contribution >= 0.6 is 0 Å². The van der Waals surface area contributed by atoms with E-state index in [0.717, 1.165) is 58.0 Å². The molecule has 22 heavy (non-hydrogen) atoms. The summed E-state index contributed by atoms with van der Waals surface area (Å²) in [6, 6.07) is 0. The maximum absolute atomic E-state index is 10.3. The van der Waals surface area contributed by atoms with Crippen LogP contribution < -0.4 is 0 Å². The molecule has 0 aromatic rings. The van der Waals surface area contributed by atoms with E-state index in [0.29, 0.717) is 18.1 Å². The normalized spacial score (nSPS) is 32.0. The van der Waals surface area contributed by atoms with Crippen LogP contribution in [0.15, 0.2) is 0 Å². The highest BCUT2D eigenvalue weighted by Crippen LogP contribution is 2.39. The largest absolute Gasteiger partial charge is 0.389 e. The summed E-state index contributed by atoms with van der Waals surface area (Å²) in [6.45, 7) is 16.0. The minimum absolute atomic E-state index is 0.324. The molecule has 0 spiro atoms. The van der Waals surface area contributed by atoms with Gasteiger partial charge in [-0.25, -0.2) is 0 Å². The first kappa shape index (κ1) is 18.2. The molecule has 2 fully saturated rings. The molecule has 2 rings (SSSR count). The fourth-order valence-electron chi connectivity index (χ4n) is 4.27. The third-order valence-corrected chi connectivity index (χ3v) is 5.25. The second kappa shape index (κ2) is 8.09. The Morgan fingerprint density at radius 1 is 1.14 bits per heavy atom. The topological polar surface area (TPSA) is 35.9 Å². The molecular formula is C18H36N2O2. The highest BCUT2D eigenvalue weighted by atomic mass is 16.5. The molecule has 0 aromatic heterocycles. The number of aliphatic hydroxyl groups is 1. The smallest absolute Gasteiger partial charge is 0.0900 e. The molecule has 1 saturated carbocycles.